The molecule has 0 aromatic heterocycles. The van der Waals surface area contributed by atoms with Crippen LogP contribution in [0.2, 0.25) is 0 Å². The summed E-state index contributed by atoms with van der Waals surface area (Å²) in [7, 11) is 0. The second kappa shape index (κ2) is 5.23. The van der Waals surface area contributed by atoms with Gasteiger partial charge in [0.2, 0.25) is 6.86 Å². The monoisotopic (exact) mass is 304 g/mol. The SMILES string of the molecule is C[C@]12CC[C@@H]3c4ccc(OCF)cc4CC[C@H]3[C@@H]1CC[C@@H]2O. The van der Waals surface area contributed by atoms with E-state index in [0.29, 0.717) is 23.5 Å². The van der Waals surface area contributed by atoms with Crippen LogP contribution < -0.4 is 4.74 Å². The fourth-order valence-corrected chi connectivity index (χ4v) is 5.68. The summed E-state index contributed by atoms with van der Waals surface area (Å²) < 4.78 is 17.4. The number of aryl methyl sites for hydroxylation is 1. The van der Waals surface area contributed by atoms with Gasteiger partial charge in [-0.25, -0.2) is 4.39 Å². The Labute approximate surface area is 131 Å². The normalized spacial score (nSPS) is 39.8. The zero-order valence-electron chi connectivity index (χ0n) is 13.2. The predicted molar refractivity (Wildman–Crippen MR) is 83.7 cm³/mol. The van der Waals surface area contributed by atoms with Crippen LogP contribution in [-0.4, -0.2) is 18.1 Å². The van der Waals surface area contributed by atoms with Crippen molar-refractivity contribution in [2.45, 2.75) is 57.5 Å². The van der Waals surface area contributed by atoms with E-state index in [1.807, 2.05) is 12.1 Å². The second-order valence-electron chi connectivity index (χ2n) is 7.67. The van der Waals surface area contributed by atoms with E-state index in [2.05, 4.69) is 13.0 Å². The van der Waals surface area contributed by atoms with E-state index in [1.165, 1.54) is 30.4 Å². The van der Waals surface area contributed by atoms with Gasteiger partial charge in [0.25, 0.3) is 0 Å². The van der Waals surface area contributed by atoms with Gasteiger partial charge in [-0.1, -0.05) is 13.0 Å². The molecular weight excluding hydrogens is 279 g/mol. The summed E-state index contributed by atoms with van der Waals surface area (Å²) in [6.45, 7) is 1.54. The third-order valence-electron chi connectivity index (χ3n) is 6.87. The molecule has 5 atom stereocenters. The Morgan fingerprint density at radius 2 is 2.14 bits per heavy atom. The molecule has 0 amide bonds. The Morgan fingerprint density at radius 3 is 2.95 bits per heavy atom. The number of benzene rings is 1. The van der Waals surface area contributed by atoms with E-state index in [9.17, 15) is 9.50 Å². The summed E-state index contributed by atoms with van der Waals surface area (Å²) in [5.41, 5.74) is 2.93. The molecule has 0 spiro atoms. The van der Waals surface area contributed by atoms with Gasteiger partial charge in [0.15, 0.2) is 0 Å². The van der Waals surface area contributed by atoms with Gasteiger partial charge in [0.05, 0.1) is 6.10 Å². The van der Waals surface area contributed by atoms with E-state index in [0.717, 1.165) is 19.3 Å². The minimum absolute atomic E-state index is 0.111. The number of aliphatic hydroxyl groups excluding tert-OH is 1. The van der Waals surface area contributed by atoms with Crippen molar-refractivity contribution >= 4 is 0 Å². The highest BCUT2D eigenvalue weighted by atomic mass is 19.1. The van der Waals surface area contributed by atoms with Crippen molar-refractivity contribution in [2.75, 3.05) is 6.86 Å². The lowest BCUT2D eigenvalue weighted by Crippen LogP contribution is -2.43. The zero-order chi connectivity index (χ0) is 15.3. The smallest absolute Gasteiger partial charge is 0.228 e. The second-order valence-corrected chi connectivity index (χ2v) is 7.67. The molecule has 3 heteroatoms. The van der Waals surface area contributed by atoms with Crippen LogP contribution in [0.4, 0.5) is 4.39 Å². The summed E-state index contributed by atoms with van der Waals surface area (Å²) in [5.74, 6) is 2.63. The highest BCUT2D eigenvalue weighted by molar-refractivity contribution is 5.40. The maximum atomic E-state index is 12.4. The van der Waals surface area contributed by atoms with Crippen molar-refractivity contribution in [3.63, 3.8) is 0 Å². The molecule has 0 unspecified atom stereocenters. The van der Waals surface area contributed by atoms with Crippen molar-refractivity contribution in [2.24, 2.45) is 17.3 Å². The van der Waals surface area contributed by atoms with Crippen molar-refractivity contribution in [1.29, 1.82) is 0 Å². The van der Waals surface area contributed by atoms with Crippen molar-refractivity contribution in [1.82, 2.24) is 0 Å². The van der Waals surface area contributed by atoms with Gasteiger partial charge in [-0.15, -0.1) is 0 Å². The largest absolute Gasteiger partial charge is 0.463 e. The molecule has 0 aliphatic heterocycles. The first-order chi connectivity index (χ1) is 10.6. The van der Waals surface area contributed by atoms with E-state index in [4.69, 9.17) is 4.74 Å². The summed E-state index contributed by atoms with van der Waals surface area (Å²) in [4.78, 5) is 0. The fourth-order valence-electron chi connectivity index (χ4n) is 5.68. The number of fused-ring (bicyclic) bond motifs is 5. The van der Waals surface area contributed by atoms with E-state index in [-0.39, 0.29) is 11.5 Å². The number of ether oxygens (including phenoxy) is 1. The van der Waals surface area contributed by atoms with Gasteiger partial charge < -0.3 is 9.84 Å². The Balaban J connectivity index is 1.64. The summed E-state index contributed by atoms with van der Waals surface area (Å²) in [5, 5.41) is 10.4. The van der Waals surface area contributed by atoms with Crippen molar-refractivity contribution in [3.05, 3.63) is 29.3 Å². The Morgan fingerprint density at radius 1 is 1.27 bits per heavy atom. The van der Waals surface area contributed by atoms with Gasteiger partial charge in [-0.3, -0.25) is 0 Å². The molecule has 1 aromatic carbocycles. The quantitative estimate of drug-likeness (QED) is 0.887. The zero-order valence-corrected chi connectivity index (χ0v) is 13.2. The van der Waals surface area contributed by atoms with Crippen LogP contribution in [0, 0.1) is 17.3 Å². The molecule has 3 aliphatic rings. The lowest BCUT2D eigenvalue weighted by Gasteiger charge is -2.50. The van der Waals surface area contributed by atoms with Crippen LogP contribution in [0.1, 0.15) is 56.1 Å². The lowest BCUT2D eigenvalue weighted by molar-refractivity contribution is -0.0226. The number of hydrogen-bond acceptors (Lipinski definition) is 2. The van der Waals surface area contributed by atoms with E-state index >= 15 is 0 Å². The Hall–Kier alpha value is -1.09. The lowest BCUT2D eigenvalue weighted by atomic mass is 9.55. The first-order valence-electron chi connectivity index (χ1n) is 8.63. The number of rotatable bonds is 2. The molecule has 120 valence electrons. The Kier molecular flexibility index (Phi) is 3.44. The first-order valence-corrected chi connectivity index (χ1v) is 8.63. The molecule has 2 nitrogen and oxygen atoms in total. The van der Waals surface area contributed by atoms with Crippen LogP contribution in [0.25, 0.3) is 0 Å². The van der Waals surface area contributed by atoms with Crippen molar-refractivity contribution < 1.29 is 14.2 Å². The van der Waals surface area contributed by atoms with Gasteiger partial charge >= 0.3 is 0 Å². The molecule has 1 N–H and O–H groups in total. The highest BCUT2D eigenvalue weighted by Gasteiger charge is 2.54. The molecule has 2 fully saturated rings. The topological polar surface area (TPSA) is 29.5 Å². The average molecular weight is 304 g/mol. The van der Waals surface area contributed by atoms with Gasteiger partial charge in [0.1, 0.15) is 5.75 Å². The van der Waals surface area contributed by atoms with Crippen LogP contribution in [-0.2, 0) is 6.42 Å². The maximum absolute atomic E-state index is 12.4. The number of aliphatic hydroxyl groups is 1. The van der Waals surface area contributed by atoms with Crippen LogP contribution >= 0.6 is 0 Å². The minimum atomic E-state index is -0.761. The molecule has 3 aliphatic carbocycles. The Bertz CT molecular complexity index is 573. The van der Waals surface area contributed by atoms with Gasteiger partial charge in [0, 0.05) is 0 Å². The van der Waals surface area contributed by atoms with Gasteiger partial charge in [-0.2, -0.15) is 0 Å². The highest BCUT2D eigenvalue weighted by Crippen LogP contribution is 2.60. The molecule has 0 saturated heterocycles. The molecule has 1 aromatic rings. The standard InChI is InChI=1S/C19H25FO2/c1-19-9-8-15-14-5-3-13(22-11-20)10-12(14)2-4-16(15)17(19)6-7-18(19)21/h3,5,10,15-18,21H,2,4,6-9,11H2,1H3/t15-,16-,17+,18+,19+/m1/s1. The molecule has 0 bridgehead atoms. The molecule has 22 heavy (non-hydrogen) atoms. The van der Waals surface area contributed by atoms with Crippen LogP contribution in [0.3, 0.4) is 0 Å². The first kappa shape index (κ1) is 14.5. The molecular formula is C19H25FO2. The maximum Gasteiger partial charge on any atom is 0.228 e. The van der Waals surface area contributed by atoms with Gasteiger partial charge in [-0.05, 0) is 85.0 Å². The third kappa shape index (κ3) is 2.01. The van der Waals surface area contributed by atoms with E-state index < -0.39 is 6.86 Å². The van der Waals surface area contributed by atoms with Crippen LogP contribution in [0.5, 0.6) is 5.75 Å². The van der Waals surface area contributed by atoms with Crippen LogP contribution in [0.15, 0.2) is 18.2 Å². The third-order valence-corrected chi connectivity index (χ3v) is 6.87. The molecule has 0 radical (unpaired) electrons. The molecule has 4 rings (SSSR count). The minimum Gasteiger partial charge on any atom is -0.463 e. The summed E-state index contributed by atoms with van der Waals surface area (Å²) in [6.07, 6.45) is 6.59. The number of alkyl halides is 1. The number of hydrogen-bond donors (Lipinski definition) is 1. The van der Waals surface area contributed by atoms with E-state index in [1.54, 1.807) is 0 Å². The molecule has 2 saturated carbocycles. The molecule has 0 heterocycles. The summed E-state index contributed by atoms with van der Waals surface area (Å²) in [6, 6.07) is 6.10. The number of halogens is 1. The average Bonchev–Trinajstić information content (AvgIpc) is 2.83. The fraction of sp³-hybridized carbons (Fsp3) is 0.684. The van der Waals surface area contributed by atoms with Crippen molar-refractivity contribution in [3.8, 4) is 5.75 Å². The summed E-state index contributed by atoms with van der Waals surface area (Å²) >= 11 is 0. The predicted octanol–water partition coefficient (Wildman–Crippen LogP) is 4.21.